The Balaban J connectivity index is 2.11. The predicted octanol–water partition coefficient (Wildman–Crippen LogP) is 5.36. The number of sulfonamides is 1. The third-order valence-corrected chi connectivity index (χ3v) is 6.69. The summed E-state index contributed by atoms with van der Waals surface area (Å²) < 4.78 is 27.2. The molecule has 0 spiro atoms. The molecule has 0 aliphatic rings. The first-order chi connectivity index (χ1) is 13.2. The van der Waals surface area contributed by atoms with Crippen LogP contribution in [0, 0.1) is 6.92 Å². The van der Waals surface area contributed by atoms with Crippen LogP contribution in [0.25, 0.3) is 0 Å². The van der Waals surface area contributed by atoms with E-state index in [1.807, 2.05) is 6.92 Å². The summed E-state index contributed by atoms with van der Waals surface area (Å²) in [5, 5.41) is 0.600. The molecule has 0 amide bonds. The number of benzene rings is 3. The van der Waals surface area contributed by atoms with E-state index in [-0.39, 0.29) is 26.7 Å². The normalized spacial score (nSPS) is 11.3. The van der Waals surface area contributed by atoms with Gasteiger partial charge in [0.15, 0.2) is 5.78 Å². The summed E-state index contributed by atoms with van der Waals surface area (Å²) in [5.74, 6) is -0.408. The number of carbonyl (C=O) groups is 1. The molecule has 0 saturated heterocycles. The van der Waals surface area contributed by atoms with Crippen LogP contribution in [0.3, 0.4) is 0 Å². The summed E-state index contributed by atoms with van der Waals surface area (Å²) in [5.41, 5.74) is 1.59. The Kier molecular flexibility index (Phi) is 5.79. The number of ketones is 1. The SMILES string of the molecule is Cc1ccc(S(=O)(=O)N(C)c2ccc(Cl)cc2C(=O)c2ccccc2Cl)cc1. The fourth-order valence-electron chi connectivity index (χ4n) is 2.75. The van der Waals surface area contributed by atoms with Gasteiger partial charge in [-0.25, -0.2) is 8.42 Å². The highest BCUT2D eigenvalue weighted by molar-refractivity contribution is 7.92. The quantitative estimate of drug-likeness (QED) is 0.508. The zero-order valence-corrected chi connectivity index (χ0v) is 17.5. The van der Waals surface area contributed by atoms with Gasteiger partial charge in [0.2, 0.25) is 0 Å². The number of halogens is 2. The van der Waals surface area contributed by atoms with Crippen molar-refractivity contribution in [3.8, 4) is 0 Å². The molecule has 0 aromatic heterocycles. The van der Waals surface area contributed by atoms with Gasteiger partial charge in [-0.15, -0.1) is 0 Å². The van der Waals surface area contributed by atoms with Crippen LogP contribution in [-0.4, -0.2) is 21.2 Å². The molecule has 0 fully saturated rings. The zero-order valence-electron chi connectivity index (χ0n) is 15.2. The Bertz CT molecular complexity index is 1140. The molecule has 0 heterocycles. The number of anilines is 1. The average Bonchev–Trinajstić information content (AvgIpc) is 2.67. The third kappa shape index (κ3) is 3.92. The summed E-state index contributed by atoms with van der Waals surface area (Å²) in [4.78, 5) is 13.2. The molecule has 144 valence electrons. The van der Waals surface area contributed by atoms with Crippen LogP contribution in [0.1, 0.15) is 21.5 Å². The van der Waals surface area contributed by atoms with Crippen molar-refractivity contribution in [3.63, 3.8) is 0 Å². The van der Waals surface area contributed by atoms with E-state index in [1.165, 1.54) is 31.3 Å². The van der Waals surface area contributed by atoms with E-state index < -0.39 is 15.8 Å². The van der Waals surface area contributed by atoms with Gasteiger partial charge in [0, 0.05) is 23.2 Å². The summed E-state index contributed by atoms with van der Waals surface area (Å²) >= 11 is 12.2. The fraction of sp³-hybridized carbons (Fsp3) is 0.0952. The molecule has 0 radical (unpaired) electrons. The smallest absolute Gasteiger partial charge is 0.264 e. The molecule has 0 N–H and O–H groups in total. The largest absolute Gasteiger partial charge is 0.288 e. The van der Waals surface area contributed by atoms with E-state index in [2.05, 4.69) is 0 Å². The Labute approximate surface area is 174 Å². The lowest BCUT2D eigenvalue weighted by atomic mass is 10.0. The monoisotopic (exact) mass is 433 g/mol. The zero-order chi connectivity index (χ0) is 20.5. The molecule has 7 heteroatoms. The summed E-state index contributed by atoms with van der Waals surface area (Å²) in [7, 11) is -2.46. The minimum atomic E-state index is -3.86. The van der Waals surface area contributed by atoms with Gasteiger partial charge in [0.1, 0.15) is 0 Å². The van der Waals surface area contributed by atoms with E-state index in [1.54, 1.807) is 42.5 Å². The standard InChI is InChI=1S/C21H17Cl2NO3S/c1-14-7-10-16(11-8-14)28(26,27)24(2)20-12-9-15(22)13-18(20)21(25)17-5-3-4-6-19(17)23/h3-13H,1-2H3. The van der Waals surface area contributed by atoms with Crippen LogP contribution in [0.2, 0.25) is 10.0 Å². The molecule has 0 bridgehead atoms. The minimum Gasteiger partial charge on any atom is -0.288 e. The minimum absolute atomic E-state index is 0.131. The first kappa shape index (κ1) is 20.4. The van der Waals surface area contributed by atoms with Crippen LogP contribution >= 0.6 is 23.2 Å². The van der Waals surface area contributed by atoms with Crippen molar-refractivity contribution in [3.05, 3.63) is 93.5 Å². The van der Waals surface area contributed by atoms with Crippen LogP contribution in [-0.2, 0) is 10.0 Å². The van der Waals surface area contributed by atoms with Gasteiger partial charge in [0.25, 0.3) is 10.0 Å². The van der Waals surface area contributed by atoms with Gasteiger partial charge in [-0.2, -0.15) is 0 Å². The Morgan fingerprint density at radius 1 is 0.893 bits per heavy atom. The molecule has 28 heavy (non-hydrogen) atoms. The highest BCUT2D eigenvalue weighted by Gasteiger charge is 2.26. The molecule has 3 aromatic rings. The number of hydrogen-bond donors (Lipinski definition) is 0. The van der Waals surface area contributed by atoms with Crippen molar-refractivity contribution in [2.75, 3.05) is 11.4 Å². The molecule has 3 aromatic carbocycles. The number of carbonyl (C=O) groups excluding carboxylic acids is 1. The van der Waals surface area contributed by atoms with Gasteiger partial charge in [-0.1, -0.05) is 53.0 Å². The molecule has 0 atom stereocenters. The van der Waals surface area contributed by atoms with Gasteiger partial charge in [0.05, 0.1) is 15.6 Å². The highest BCUT2D eigenvalue weighted by atomic mass is 35.5. The second-order valence-corrected chi connectivity index (χ2v) is 9.07. The predicted molar refractivity (Wildman–Crippen MR) is 113 cm³/mol. The summed E-state index contributed by atoms with van der Waals surface area (Å²) in [6, 6.07) is 17.6. The molecule has 0 aliphatic carbocycles. The maximum Gasteiger partial charge on any atom is 0.264 e. The topological polar surface area (TPSA) is 54.5 Å². The highest BCUT2D eigenvalue weighted by Crippen LogP contribution is 2.31. The molecule has 0 saturated carbocycles. The molecule has 3 rings (SSSR count). The van der Waals surface area contributed by atoms with Crippen molar-refractivity contribution >= 4 is 44.7 Å². The summed E-state index contributed by atoms with van der Waals surface area (Å²) in [6.45, 7) is 1.87. The molecule has 0 unspecified atom stereocenters. The maximum atomic E-state index is 13.1. The van der Waals surface area contributed by atoms with Crippen LogP contribution in [0.4, 0.5) is 5.69 Å². The number of aryl methyl sites for hydroxylation is 1. The number of rotatable bonds is 5. The van der Waals surface area contributed by atoms with Crippen molar-refractivity contribution in [2.24, 2.45) is 0 Å². The lowest BCUT2D eigenvalue weighted by Crippen LogP contribution is -2.28. The van der Waals surface area contributed by atoms with Gasteiger partial charge in [-0.05, 0) is 49.4 Å². The second kappa shape index (κ2) is 7.95. The average molecular weight is 434 g/mol. The molecular formula is C21H17Cl2NO3S. The second-order valence-electron chi connectivity index (χ2n) is 6.26. The van der Waals surface area contributed by atoms with Gasteiger partial charge in [-0.3, -0.25) is 9.10 Å². The maximum absolute atomic E-state index is 13.1. The van der Waals surface area contributed by atoms with E-state index in [9.17, 15) is 13.2 Å². The number of hydrogen-bond acceptors (Lipinski definition) is 3. The first-order valence-electron chi connectivity index (χ1n) is 8.36. The van der Waals surface area contributed by atoms with Crippen LogP contribution < -0.4 is 4.31 Å². The lowest BCUT2D eigenvalue weighted by molar-refractivity contribution is 0.103. The van der Waals surface area contributed by atoms with Gasteiger partial charge >= 0.3 is 0 Å². The Hall–Kier alpha value is -2.34. The van der Waals surface area contributed by atoms with Crippen LogP contribution in [0.5, 0.6) is 0 Å². The van der Waals surface area contributed by atoms with E-state index >= 15 is 0 Å². The van der Waals surface area contributed by atoms with Crippen molar-refractivity contribution < 1.29 is 13.2 Å². The van der Waals surface area contributed by atoms with Gasteiger partial charge < -0.3 is 0 Å². The Morgan fingerprint density at radius 2 is 1.54 bits per heavy atom. The Morgan fingerprint density at radius 3 is 2.18 bits per heavy atom. The van der Waals surface area contributed by atoms with E-state index in [0.717, 1.165) is 9.87 Å². The van der Waals surface area contributed by atoms with Crippen molar-refractivity contribution in [2.45, 2.75) is 11.8 Å². The third-order valence-electron chi connectivity index (χ3n) is 4.34. The lowest BCUT2D eigenvalue weighted by Gasteiger charge is -2.22. The van der Waals surface area contributed by atoms with Crippen molar-refractivity contribution in [1.82, 2.24) is 0 Å². The van der Waals surface area contributed by atoms with E-state index in [4.69, 9.17) is 23.2 Å². The van der Waals surface area contributed by atoms with Crippen LogP contribution in [0.15, 0.2) is 71.6 Å². The summed E-state index contributed by atoms with van der Waals surface area (Å²) in [6.07, 6.45) is 0. The molecule has 0 aliphatic heterocycles. The van der Waals surface area contributed by atoms with Crippen molar-refractivity contribution in [1.29, 1.82) is 0 Å². The van der Waals surface area contributed by atoms with E-state index in [0.29, 0.717) is 5.02 Å². The first-order valence-corrected chi connectivity index (χ1v) is 10.6. The fourth-order valence-corrected chi connectivity index (χ4v) is 4.36. The molecule has 4 nitrogen and oxygen atoms in total. The number of nitrogens with zero attached hydrogens (tertiary/aromatic N) is 1. The molecular weight excluding hydrogens is 417 g/mol.